The van der Waals surface area contributed by atoms with Gasteiger partial charge in [0.15, 0.2) is 5.16 Å². The molecule has 1 amide bonds. The van der Waals surface area contributed by atoms with Crippen molar-refractivity contribution in [2.75, 3.05) is 12.4 Å². The number of aryl methyl sites for hydroxylation is 2. The van der Waals surface area contributed by atoms with E-state index in [1.165, 1.54) is 17.3 Å². The lowest BCUT2D eigenvalue weighted by molar-refractivity contribution is -0.119. The van der Waals surface area contributed by atoms with Crippen molar-refractivity contribution < 1.29 is 9.90 Å². The zero-order valence-corrected chi connectivity index (χ0v) is 13.9. The van der Waals surface area contributed by atoms with Crippen LogP contribution in [-0.2, 0) is 4.79 Å². The number of benzene rings is 1. The SMILES string of the molecule is Cc1ccc(C)c(-n2ccnc2SCC(=O)NC(C)CO)c1. The highest BCUT2D eigenvalue weighted by molar-refractivity contribution is 7.99. The van der Waals surface area contributed by atoms with Crippen molar-refractivity contribution in [1.29, 1.82) is 0 Å². The lowest BCUT2D eigenvalue weighted by Crippen LogP contribution is -2.36. The summed E-state index contributed by atoms with van der Waals surface area (Å²) in [6, 6.07) is 6.03. The number of aliphatic hydroxyl groups excluding tert-OH is 1. The summed E-state index contributed by atoms with van der Waals surface area (Å²) in [5.41, 5.74) is 3.41. The van der Waals surface area contributed by atoms with Crippen LogP contribution in [0.4, 0.5) is 0 Å². The largest absolute Gasteiger partial charge is 0.394 e. The highest BCUT2D eigenvalue weighted by Crippen LogP contribution is 2.23. The number of aliphatic hydroxyl groups is 1. The number of amides is 1. The number of nitrogens with one attached hydrogen (secondary N) is 1. The Kier molecular flexibility index (Phi) is 5.63. The number of hydrogen-bond acceptors (Lipinski definition) is 4. The molecule has 0 aliphatic heterocycles. The maximum atomic E-state index is 11.8. The Morgan fingerprint density at radius 1 is 1.45 bits per heavy atom. The molecule has 6 heteroatoms. The molecule has 1 atom stereocenters. The van der Waals surface area contributed by atoms with Crippen molar-refractivity contribution in [2.24, 2.45) is 0 Å². The second kappa shape index (κ2) is 7.47. The summed E-state index contributed by atoms with van der Waals surface area (Å²) in [5.74, 6) is 0.161. The fraction of sp³-hybridized carbons (Fsp3) is 0.375. The predicted molar refractivity (Wildman–Crippen MR) is 88.5 cm³/mol. The highest BCUT2D eigenvalue weighted by Gasteiger charge is 2.12. The molecule has 1 aromatic heterocycles. The van der Waals surface area contributed by atoms with Crippen LogP contribution in [0.25, 0.3) is 5.69 Å². The molecule has 2 N–H and O–H groups in total. The van der Waals surface area contributed by atoms with Crippen molar-refractivity contribution in [1.82, 2.24) is 14.9 Å². The van der Waals surface area contributed by atoms with Gasteiger partial charge in [0.25, 0.3) is 0 Å². The fourth-order valence-electron chi connectivity index (χ4n) is 2.05. The molecule has 0 bridgehead atoms. The second-order valence-electron chi connectivity index (χ2n) is 5.31. The van der Waals surface area contributed by atoms with E-state index in [4.69, 9.17) is 5.11 Å². The first-order valence-corrected chi connectivity index (χ1v) is 8.14. The minimum Gasteiger partial charge on any atom is -0.394 e. The summed E-state index contributed by atoms with van der Waals surface area (Å²) in [6.45, 7) is 5.81. The van der Waals surface area contributed by atoms with E-state index in [1.54, 1.807) is 13.1 Å². The molecule has 0 aliphatic rings. The number of imidazole rings is 1. The third-order valence-corrected chi connectivity index (χ3v) is 4.21. The molecule has 0 spiro atoms. The van der Waals surface area contributed by atoms with Crippen molar-refractivity contribution in [2.45, 2.75) is 32.0 Å². The van der Waals surface area contributed by atoms with Gasteiger partial charge in [-0.2, -0.15) is 0 Å². The van der Waals surface area contributed by atoms with E-state index in [9.17, 15) is 4.79 Å². The Hall–Kier alpha value is -1.79. The maximum absolute atomic E-state index is 11.8. The van der Waals surface area contributed by atoms with E-state index in [1.807, 2.05) is 10.8 Å². The first kappa shape index (κ1) is 16.6. The van der Waals surface area contributed by atoms with Crippen LogP contribution < -0.4 is 5.32 Å². The molecule has 0 saturated carbocycles. The standard InChI is InChI=1S/C16H21N3O2S/c1-11-4-5-12(2)14(8-11)19-7-6-17-16(19)22-10-15(21)18-13(3)9-20/h4-8,13,20H,9-10H2,1-3H3,(H,18,21). The van der Waals surface area contributed by atoms with E-state index in [2.05, 4.69) is 42.3 Å². The number of rotatable bonds is 6. The van der Waals surface area contributed by atoms with E-state index in [0.717, 1.165) is 16.4 Å². The summed E-state index contributed by atoms with van der Waals surface area (Å²) in [6.07, 6.45) is 3.64. The summed E-state index contributed by atoms with van der Waals surface area (Å²) < 4.78 is 2.00. The van der Waals surface area contributed by atoms with E-state index in [0.29, 0.717) is 0 Å². The zero-order valence-electron chi connectivity index (χ0n) is 13.0. The molecule has 1 heterocycles. The topological polar surface area (TPSA) is 67.2 Å². The summed E-state index contributed by atoms with van der Waals surface area (Å²) in [4.78, 5) is 16.1. The average molecular weight is 319 g/mol. The van der Waals surface area contributed by atoms with Gasteiger partial charge in [0.2, 0.25) is 5.91 Å². The van der Waals surface area contributed by atoms with Crippen LogP contribution >= 0.6 is 11.8 Å². The first-order valence-electron chi connectivity index (χ1n) is 7.15. The lowest BCUT2D eigenvalue weighted by Gasteiger charge is -2.12. The smallest absolute Gasteiger partial charge is 0.230 e. The summed E-state index contributed by atoms with van der Waals surface area (Å²) in [7, 11) is 0. The minimum absolute atomic E-state index is 0.0620. The molecule has 1 unspecified atom stereocenters. The molecule has 118 valence electrons. The monoisotopic (exact) mass is 319 g/mol. The number of carbonyl (C=O) groups is 1. The van der Waals surface area contributed by atoms with Crippen LogP contribution in [0.15, 0.2) is 35.7 Å². The van der Waals surface area contributed by atoms with E-state index in [-0.39, 0.29) is 24.3 Å². The van der Waals surface area contributed by atoms with Gasteiger partial charge in [-0.25, -0.2) is 4.98 Å². The number of thioether (sulfide) groups is 1. The van der Waals surface area contributed by atoms with Gasteiger partial charge < -0.3 is 10.4 Å². The maximum Gasteiger partial charge on any atom is 0.230 e. The van der Waals surface area contributed by atoms with Crippen molar-refractivity contribution >= 4 is 17.7 Å². The van der Waals surface area contributed by atoms with Crippen LogP contribution in [0.5, 0.6) is 0 Å². The number of hydrogen-bond donors (Lipinski definition) is 2. The van der Waals surface area contributed by atoms with Gasteiger partial charge in [0.05, 0.1) is 18.0 Å². The van der Waals surface area contributed by atoms with Crippen LogP contribution in [0.1, 0.15) is 18.1 Å². The van der Waals surface area contributed by atoms with Crippen LogP contribution in [0.3, 0.4) is 0 Å². The third-order valence-electron chi connectivity index (χ3n) is 3.24. The Labute approximate surface area is 134 Å². The molecular formula is C16H21N3O2S. The van der Waals surface area contributed by atoms with E-state index < -0.39 is 0 Å². The van der Waals surface area contributed by atoms with Crippen LogP contribution in [0.2, 0.25) is 0 Å². The summed E-state index contributed by atoms with van der Waals surface area (Å²) >= 11 is 1.38. The predicted octanol–water partition coefficient (Wildman–Crippen LogP) is 2.08. The Morgan fingerprint density at radius 3 is 2.95 bits per heavy atom. The average Bonchev–Trinajstić information content (AvgIpc) is 2.95. The van der Waals surface area contributed by atoms with Gasteiger partial charge in [-0.1, -0.05) is 23.9 Å². The molecule has 0 saturated heterocycles. The van der Waals surface area contributed by atoms with Crippen molar-refractivity contribution in [3.05, 3.63) is 41.7 Å². The molecule has 22 heavy (non-hydrogen) atoms. The fourth-order valence-corrected chi connectivity index (χ4v) is 2.83. The van der Waals surface area contributed by atoms with E-state index >= 15 is 0 Å². The molecule has 0 radical (unpaired) electrons. The lowest BCUT2D eigenvalue weighted by atomic mass is 10.1. The first-order chi connectivity index (χ1) is 10.5. The van der Waals surface area contributed by atoms with Gasteiger partial charge in [-0.3, -0.25) is 9.36 Å². The van der Waals surface area contributed by atoms with Crippen LogP contribution in [-0.4, -0.2) is 39.0 Å². The number of nitrogens with zero attached hydrogens (tertiary/aromatic N) is 2. The quantitative estimate of drug-likeness (QED) is 0.800. The Bertz CT molecular complexity index is 655. The summed E-state index contributed by atoms with van der Waals surface area (Å²) in [5, 5.41) is 12.5. The Balaban J connectivity index is 2.10. The molecule has 1 aromatic carbocycles. The van der Waals surface area contributed by atoms with Gasteiger partial charge in [0.1, 0.15) is 0 Å². The third kappa shape index (κ3) is 4.11. The molecule has 0 aliphatic carbocycles. The highest BCUT2D eigenvalue weighted by atomic mass is 32.2. The molecular weight excluding hydrogens is 298 g/mol. The molecule has 2 rings (SSSR count). The van der Waals surface area contributed by atoms with Crippen LogP contribution in [0, 0.1) is 13.8 Å². The van der Waals surface area contributed by atoms with Crippen molar-refractivity contribution in [3.63, 3.8) is 0 Å². The van der Waals surface area contributed by atoms with Gasteiger partial charge in [0, 0.05) is 18.4 Å². The van der Waals surface area contributed by atoms with Gasteiger partial charge >= 0.3 is 0 Å². The van der Waals surface area contributed by atoms with Gasteiger partial charge in [-0.15, -0.1) is 0 Å². The van der Waals surface area contributed by atoms with Crippen molar-refractivity contribution in [3.8, 4) is 5.69 Å². The molecule has 0 fully saturated rings. The molecule has 5 nitrogen and oxygen atoms in total. The Morgan fingerprint density at radius 2 is 2.23 bits per heavy atom. The second-order valence-corrected chi connectivity index (χ2v) is 6.25. The minimum atomic E-state index is -0.230. The number of carbonyl (C=O) groups excluding carboxylic acids is 1. The number of aromatic nitrogens is 2. The van der Waals surface area contributed by atoms with Gasteiger partial charge in [-0.05, 0) is 38.0 Å². The zero-order chi connectivity index (χ0) is 16.1. The molecule has 2 aromatic rings. The normalized spacial score (nSPS) is 12.2.